The number of nitrogens with zero attached hydrogens (tertiary/aromatic N) is 1. The number of likely N-dealkylation sites (tertiary alicyclic amines) is 1. The van der Waals surface area contributed by atoms with Gasteiger partial charge in [0.25, 0.3) is 0 Å². The van der Waals surface area contributed by atoms with E-state index in [1.165, 1.54) is 32.2 Å². The van der Waals surface area contributed by atoms with Gasteiger partial charge in [0.15, 0.2) is 9.84 Å². The molecule has 0 saturated carbocycles. The van der Waals surface area contributed by atoms with Crippen molar-refractivity contribution in [3.8, 4) is 0 Å². The first kappa shape index (κ1) is 15.8. The lowest BCUT2D eigenvalue weighted by Crippen LogP contribution is -2.30. The predicted molar refractivity (Wildman–Crippen MR) is 81.9 cm³/mol. The predicted octanol–water partition coefficient (Wildman–Crippen LogP) is 1.93. The van der Waals surface area contributed by atoms with E-state index in [2.05, 4.69) is 10.2 Å². The molecule has 2 rings (SSSR count). The summed E-state index contributed by atoms with van der Waals surface area (Å²) in [6.45, 7) is 4.66. The summed E-state index contributed by atoms with van der Waals surface area (Å²) in [4.78, 5) is 2.73. The first-order valence-corrected chi connectivity index (χ1v) is 9.16. The molecular formula is C14H21ClN2O2S. The largest absolute Gasteiger partial charge is 0.311 e. The van der Waals surface area contributed by atoms with Gasteiger partial charge in [-0.15, -0.1) is 0 Å². The molecule has 0 aromatic heterocycles. The number of hydrogen-bond acceptors (Lipinski definition) is 4. The van der Waals surface area contributed by atoms with Gasteiger partial charge in [0.1, 0.15) is 0 Å². The summed E-state index contributed by atoms with van der Waals surface area (Å²) in [5.41, 5.74) is 0.665. The van der Waals surface area contributed by atoms with Gasteiger partial charge in [-0.3, -0.25) is 0 Å². The van der Waals surface area contributed by atoms with E-state index in [9.17, 15) is 8.42 Å². The van der Waals surface area contributed by atoms with Gasteiger partial charge in [-0.1, -0.05) is 17.7 Å². The smallest absolute Gasteiger partial charge is 0.175 e. The Hall–Kier alpha value is -0.620. The molecule has 1 saturated heterocycles. The molecule has 1 N–H and O–H groups in total. The number of sulfone groups is 1. The lowest BCUT2D eigenvalue weighted by Gasteiger charge is -2.16. The Morgan fingerprint density at radius 2 is 2.00 bits per heavy atom. The zero-order valence-electron chi connectivity index (χ0n) is 11.7. The van der Waals surface area contributed by atoms with Crippen molar-refractivity contribution < 1.29 is 8.42 Å². The molecule has 20 heavy (non-hydrogen) atoms. The van der Waals surface area contributed by atoms with Crippen molar-refractivity contribution in [1.82, 2.24) is 10.2 Å². The third kappa shape index (κ3) is 4.19. The van der Waals surface area contributed by atoms with Gasteiger partial charge >= 0.3 is 0 Å². The van der Waals surface area contributed by atoms with Gasteiger partial charge in [-0.2, -0.15) is 0 Å². The van der Waals surface area contributed by atoms with E-state index in [1.807, 2.05) is 0 Å². The molecule has 1 heterocycles. The Balaban J connectivity index is 1.95. The number of benzene rings is 1. The second-order valence-electron chi connectivity index (χ2n) is 5.21. The van der Waals surface area contributed by atoms with Crippen molar-refractivity contribution in [3.05, 3.63) is 28.8 Å². The van der Waals surface area contributed by atoms with Crippen LogP contribution >= 0.6 is 11.6 Å². The summed E-state index contributed by atoms with van der Waals surface area (Å²) in [5, 5.41) is 3.79. The number of hydrogen-bond donors (Lipinski definition) is 1. The lowest BCUT2D eigenvalue weighted by atomic mass is 10.2. The van der Waals surface area contributed by atoms with Gasteiger partial charge in [-0.05, 0) is 38.1 Å². The van der Waals surface area contributed by atoms with Crippen LogP contribution in [0.2, 0.25) is 5.02 Å². The molecule has 0 atom stereocenters. The van der Waals surface area contributed by atoms with E-state index in [1.54, 1.807) is 18.2 Å². The molecule has 0 spiro atoms. The zero-order valence-corrected chi connectivity index (χ0v) is 13.3. The quantitative estimate of drug-likeness (QED) is 0.815. The summed E-state index contributed by atoms with van der Waals surface area (Å²) in [7, 11) is -3.24. The van der Waals surface area contributed by atoms with Crippen molar-refractivity contribution in [3.63, 3.8) is 0 Å². The molecule has 0 aliphatic carbocycles. The second kappa shape index (κ2) is 6.89. The van der Waals surface area contributed by atoms with Crippen molar-refractivity contribution in [2.75, 3.05) is 32.4 Å². The molecule has 0 unspecified atom stereocenters. The molecule has 4 nitrogen and oxygen atoms in total. The van der Waals surface area contributed by atoms with Crippen LogP contribution in [0.4, 0.5) is 0 Å². The number of halogens is 1. The lowest BCUT2D eigenvalue weighted by molar-refractivity contribution is 0.335. The highest BCUT2D eigenvalue weighted by Crippen LogP contribution is 2.23. The molecule has 112 valence electrons. The third-order valence-corrected chi connectivity index (χ3v) is 5.12. The van der Waals surface area contributed by atoms with Crippen LogP contribution in [0.15, 0.2) is 23.1 Å². The normalized spacial score (nSPS) is 16.7. The van der Waals surface area contributed by atoms with Gasteiger partial charge in [0.2, 0.25) is 0 Å². The van der Waals surface area contributed by atoms with Crippen LogP contribution < -0.4 is 5.32 Å². The molecule has 1 fully saturated rings. The molecule has 0 radical (unpaired) electrons. The van der Waals surface area contributed by atoms with Gasteiger partial charge in [0, 0.05) is 36.5 Å². The Bertz CT molecular complexity index is 554. The summed E-state index contributed by atoms with van der Waals surface area (Å²) >= 11 is 6.13. The van der Waals surface area contributed by atoms with Crippen molar-refractivity contribution in [1.29, 1.82) is 0 Å². The molecular weight excluding hydrogens is 296 g/mol. The average molecular weight is 317 g/mol. The molecule has 1 aliphatic rings. The Kier molecular flexibility index (Phi) is 5.43. The summed E-state index contributed by atoms with van der Waals surface area (Å²) in [5.74, 6) is 0. The summed E-state index contributed by atoms with van der Waals surface area (Å²) < 4.78 is 23.5. The van der Waals surface area contributed by atoms with Crippen molar-refractivity contribution in [2.24, 2.45) is 0 Å². The van der Waals surface area contributed by atoms with E-state index in [0.717, 1.165) is 13.1 Å². The molecule has 0 amide bonds. The van der Waals surface area contributed by atoms with E-state index in [4.69, 9.17) is 11.6 Å². The fraction of sp³-hybridized carbons (Fsp3) is 0.571. The Morgan fingerprint density at radius 1 is 1.30 bits per heavy atom. The van der Waals surface area contributed by atoms with Crippen LogP contribution in [0.25, 0.3) is 0 Å². The molecule has 1 aliphatic heterocycles. The van der Waals surface area contributed by atoms with E-state index >= 15 is 0 Å². The van der Waals surface area contributed by atoms with E-state index in [-0.39, 0.29) is 0 Å². The zero-order chi connectivity index (χ0) is 14.6. The van der Waals surface area contributed by atoms with Gasteiger partial charge in [0.05, 0.1) is 4.90 Å². The minimum absolute atomic E-state index is 0.318. The highest BCUT2D eigenvalue weighted by molar-refractivity contribution is 7.90. The minimum Gasteiger partial charge on any atom is -0.311 e. The first-order valence-electron chi connectivity index (χ1n) is 6.89. The maximum absolute atomic E-state index is 11.8. The standard InChI is InChI=1S/C14H21ClN2O2S/c1-20(18,19)14-6-4-5-13(15)12(14)11-16-7-10-17-8-2-3-9-17/h4-6,16H,2-3,7-11H2,1H3. The topological polar surface area (TPSA) is 49.4 Å². The second-order valence-corrected chi connectivity index (χ2v) is 7.61. The Labute approximate surface area is 126 Å². The van der Waals surface area contributed by atoms with Crippen LogP contribution in [-0.2, 0) is 16.4 Å². The van der Waals surface area contributed by atoms with Crippen LogP contribution in [0.5, 0.6) is 0 Å². The average Bonchev–Trinajstić information content (AvgIpc) is 2.88. The van der Waals surface area contributed by atoms with Crippen LogP contribution in [0.1, 0.15) is 18.4 Å². The van der Waals surface area contributed by atoms with Gasteiger partial charge < -0.3 is 10.2 Å². The van der Waals surface area contributed by atoms with E-state index in [0.29, 0.717) is 22.0 Å². The molecule has 1 aromatic carbocycles. The number of nitrogens with one attached hydrogen (secondary N) is 1. The summed E-state index contributed by atoms with van der Waals surface area (Å²) in [6, 6.07) is 5.01. The molecule has 0 bridgehead atoms. The van der Waals surface area contributed by atoms with Crippen molar-refractivity contribution in [2.45, 2.75) is 24.3 Å². The van der Waals surface area contributed by atoms with Gasteiger partial charge in [-0.25, -0.2) is 8.42 Å². The Morgan fingerprint density at radius 3 is 2.65 bits per heavy atom. The molecule has 6 heteroatoms. The van der Waals surface area contributed by atoms with Crippen molar-refractivity contribution >= 4 is 21.4 Å². The summed E-state index contributed by atoms with van der Waals surface area (Å²) in [6.07, 6.45) is 3.78. The van der Waals surface area contributed by atoms with Crippen LogP contribution in [-0.4, -0.2) is 45.8 Å². The molecule has 1 aromatic rings. The third-order valence-electron chi connectivity index (χ3n) is 3.58. The highest BCUT2D eigenvalue weighted by atomic mass is 35.5. The SMILES string of the molecule is CS(=O)(=O)c1cccc(Cl)c1CNCCN1CCCC1. The monoisotopic (exact) mass is 316 g/mol. The maximum Gasteiger partial charge on any atom is 0.175 e. The highest BCUT2D eigenvalue weighted by Gasteiger charge is 2.16. The maximum atomic E-state index is 11.8. The number of rotatable bonds is 6. The van der Waals surface area contributed by atoms with E-state index < -0.39 is 9.84 Å². The fourth-order valence-electron chi connectivity index (χ4n) is 2.51. The first-order chi connectivity index (χ1) is 9.48. The van der Waals surface area contributed by atoms with Crippen LogP contribution in [0, 0.1) is 0 Å². The van der Waals surface area contributed by atoms with Crippen LogP contribution in [0.3, 0.4) is 0 Å². The fourth-order valence-corrected chi connectivity index (χ4v) is 3.77. The minimum atomic E-state index is -3.24.